The van der Waals surface area contributed by atoms with E-state index < -0.39 is 0 Å². The quantitative estimate of drug-likeness (QED) is 0.0533. The van der Waals surface area contributed by atoms with E-state index in [-0.39, 0.29) is 0 Å². The summed E-state index contributed by atoms with van der Waals surface area (Å²) in [6.07, 6.45) is 28.5. The Hall–Kier alpha value is 8.38. The predicted octanol–water partition coefficient (Wildman–Crippen LogP) is -84.2. The van der Waals surface area contributed by atoms with Gasteiger partial charge >= 0.3 is 0 Å². The van der Waals surface area contributed by atoms with Crippen molar-refractivity contribution in [3.8, 4) is 0 Å². The molecule has 0 aliphatic heterocycles. The van der Waals surface area contributed by atoms with Crippen molar-refractivity contribution in [3.63, 3.8) is 0 Å². The molecule has 518 valence electrons. The Morgan fingerprint density at radius 3 is 0.171 bits per heavy atom. The summed E-state index contributed by atoms with van der Waals surface area (Å²) in [7, 11) is 187. The van der Waals surface area contributed by atoms with Crippen molar-refractivity contribution in [1.82, 2.24) is 0 Å². The van der Waals surface area contributed by atoms with Crippen molar-refractivity contribution in [3.05, 3.63) is 0 Å². The summed E-state index contributed by atoms with van der Waals surface area (Å²) < 4.78 is 0. The van der Waals surface area contributed by atoms with Crippen molar-refractivity contribution in [2.45, 2.75) is 0 Å². The van der Waals surface area contributed by atoms with Gasteiger partial charge in [-0.2, -0.15) is 0 Å². The molecular formula is H131B129. The lowest BCUT2D eigenvalue weighted by atomic mass is 8.16. The third-order valence-corrected chi connectivity index (χ3v) is 38.6. The summed E-state index contributed by atoms with van der Waals surface area (Å²) in [5.41, 5.74) is 0. The fourth-order valence-corrected chi connectivity index (χ4v) is 38.1. The average molecular weight is 1530 g/mol. The Morgan fingerprint density at radius 2 is 0.124 bits per heavy atom. The van der Waals surface area contributed by atoms with Gasteiger partial charge in [0.1, 0.15) is 0 Å². The highest BCUT2D eigenvalue weighted by atomic mass is 13.5. The molecule has 0 saturated carbocycles. The third kappa shape index (κ3) is 36.9. The average Bonchev–Trinajstić information content (AvgIpc) is 0.698. The van der Waals surface area contributed by atoms with Gasteiger partial charge in [0, 0.05) is 409 Å². The standard InChI is InChI=1S/B129H131/c1-66-99(67(2)3)115(98(64)65)123(114(96(60)61)97(62)63)127(122(112(92(52)53)93(54)55)113(94(56)57)95(58)59)129(126(120(108(84(36)37)85(38)39)109(86(40)41)87(42)43)121(110(88(44)45)89(46)47)111(90(48)49)91(50)51)128(124(116(100(68(4)5)69(6)7)101(70(8)9)71(10)11)117(102(72(12)13)73(14)15)103(74(16)17)75(18)19)125(118(104(76(20)21)77(22)23)105(78(24)25)79(26)27)119(106(80(28)29)81(30)31)107(82(32)33)83(34)35/h66H,1-65H2. The smallest absolute Gasteiger partial charge is 0.000000107 e. The first-order valence-electron chi connectivity index (χ1n) is 58.7. The number of hydrogen-bond acceptors (Lipinski definition) is 0. The van der Waals surface area contributed by atoms with Gasteiger partial charge < -0.3 is 0 Å². The lowest BCUT2D eigenvalue weighted by Gasteiger charge is -2.64. The molecule has 0 aliphatic rings. The van der Waals surface area contributed by atoms with Crippen molar-refractivity contribution >= 4 is 912 Å². The molecule has 0 aliphatic carbocycles. The van der Waals surface area contributed by atoms with E-state index in [1.54, 1.807) is 0 Å². The summed E-state index contributed by atoms with van der Waals surface area (Å²) in [4.78, 5) is 0. The molecule has 0 aromatic heterocycles. The highest BCUT2D eigenvalue weighted by Gasteiger charge is 2.72. The lowest BCUT2D eigenvalue weighted by Crippen LogP contribution is -3.03. The fourth-order valence-electron chi connectivity index (χ4n) is 38.1. The third-order valence-electron chi connectivity index (χ3n) is 38.6. The van der Waals surface area contributed by atoms with Gasteiger partial charge in [-0.15, -0.1) is 0 Å². The van der Waals surface area contributed by atoms with Gasteiger partial charge in [-0.25, -0.2) is 0 Å². The Balaban J connectivity index is 17.4. The highest BCUT2D eigenvalue weighted by Crippen LogP contribution is 2.34. The van der Waals surface area contributed by atoms with Crippen LogP contribution in [0, 0.1) is 0 Å². The van der Waals surface area contributed by atoms with Gasteiger partial charge in [0.05, 0.1) is 503 Å². The molecule has 0 unspecified atom stereocenters. The van der Waals surface area contributed by atoms with Crippen LogP contribution in [-0.4, -0.2) is 912 Å². The molecule has 0 amide bonds. The molecular weight excluding hydrogens is 1390 g/mol. The largest absolute Gasteiger partial charge is 0.0593 e. The van der Waals surface area contributed by atoms with Crippen molar-refractivity contribution in [2.75, 3.05) is 0 Å². The molecule has 0 aromatic rings. The summed E-state index contributed by atoms with van der Waals surface area (Å²) in [5, 5.41) is 0. The maximum absolute atomic E-state index is 2.90. The van der Waals surface area contributed by atoms with Crippen LogP contribution in [0.15, 0.2) is 0 Å². The normalized spacial score (nSPS) is 9.86. The fraction of sp³-hybridized carbons (Fsp3) is 0. The first-order chi connectivity index (χ1) is 58.7. The van der Waals surface area contributed by atoms with Crippen LogP contribution < -0.4 is 0 Å². The van der Waals surface area contributed by atoms with Crippen molar-refractivity contribution < 1.29 is 0 Å². The van der Waals surface area contributed by atoms with Crippen LogP contribution >= 0.6 is 0 Å². The molecule has 0 radical (unpaired) electrons. The molecule has 129 heavy (non-hydrogen) atoms. The van der Waals surface area contributed by atoms with Gasteiger partial charge in [0.2, 0.25) is 0 Å². The van der Waals surface area contributed by atoms with Gasteiger partial charge in [-0.05, 0) is 0 Å². The second-order valence-electron chi connectivity index (χ2n) is 58.2. The Bertz CT molecular complexity index is 2200. The first kappa shape index (κ1) is 137. The van der Waals surface area contributed by atoms with E-state index in [1.165, 1.54) is 7.06 Å². The van der Waals surface area contributed by atoms with Crippen LogP contribution in [0.2, 0.25) is 0 Å². The van der Waals surface area contributed by atoms with E-state index >= 15 is 0 Å². The molecule has 0 saturated heterocycles. The van der Waals surface area contributed by atoms with Gasteiger partial charge in [0.15, 0.2) is 0 Å². The lowest BCUT2D eigenvalue weighted by molar-refractivity contribution is 3.11. The predicted molar refractivity (Wildman–Crippen MR) is 925 cm³/mol. The summed E-state index contributed by atoms with van der Waals surface area (Å²) in [6, 6.07) is 0. The van der Waals surface area contributed by atoms with Gasteiger partial charge in [0.25, 0.3) is 0 Å². The van der Waals surface area contributed by atoms with Crippen LogP contribution in [0.5, 0.6) is 0 Å². The van der Waals surface area contributed by atoms with E-state index in [0.717, 1.165) is 0 Å². The minimum Gasteiger partial charge on any atom is 0.000000107 e. The topological polar surface area (TPSA) is 0 Å². The van der Waals surface area contributed by atoms with E-state index in [4.69, 9.17) is 0 Å². The number of rotatable bonds is 63. The van der Waals surface area contributed by atoms with E-state index in [0.29, 0.717) is 402 Å². The molecule has 0 heterocycles. The molecule has 0 spiro atoms. The maximum Gasteiger partial charge on any atom is 0.0593 e. The zero-order valence-corrected chi connectivity index (χ0v) is 102. The van der Waals surface area contributed by atoms with Crippen LogP contribution in [0.3, 0.4) is 0 Å². The molecule has 0 N–H and O–H groups in total. The Kier molecular flexibility index (Phi) is 67.6. The molecule has 0 bridgehead atoms. The molecule has 0 rings (SSSR count). The van der Waals surface area contributed by atoms with Crippen molar-refractivity contribution in [1.29, 1.82) is 0 Å². The maximum atomic E-state index is 2.90. The van der Waals surface area contributed by atoms with E-state index in [9.17, 15) is 0 Å². The van der Waals surface area contributed by atoms with E-state index in [1.807, 2.05) is 0 Å². The molecule has 0 atom stereocenters. The van der Waals surface area contributed by atoms with Gasteiger partial charge in [-0.3, -0.25) is 0 Å². The van der Waals surface area contributed by atoms with Crippen molar-refractivity contribution in [2.24, 2.45) is 0 Å². The van der Waals surface area contributed by atoms with Crippen LogP contribution in [0.4, 0.5) is 0 Å². The van der Waals surface area contributed by atoms with Gasteiger partial charge in [-0.1, -0.05) is 0 Å². The Morgan fingerprint density at radius 1 is 0.0698 bits per heavy atom. The summed E-state index contributed by atoms with van der Waals surface area (Å²) >= 11 is 0. The second kappa shape index (κ2) is 63.5. The molecule has 0 nitrogen and oxygen atoms in total. The van der Waals surface area contributed by atoms with E-state index in [2.05, 4.69) is 503 Å². The number of hydrogen-bond donors (Lipinski definition) is 0. The monoisotopic (exact) mass is 1550 g/mol. The second-order valence-corrected chi connectivity index (χ2v) is 58.2. The zero-order valence-electron chi connectivity index (χ0n) is 102. The molecule has 129 heteroatoms. The molecule has 0 fully saturated rings. The molecule has 0 aromatic carbocycles. The first-order valence-corrected chi connectivity index (χ1v) is 58.7. The zero-order chi connectivity index (χ0) is 102. The minimum absolute atomic E-state index is 0.297. The SMILES string of the molecule is BBB(B(B)B)B(B(B)B)B(B(B(B)B)B(B)B)B(B(B(B(B)B)B(B)B)B(B(B)B)B(B)B)B(B(B(B(B(B)B)B(B)B)B(B(B)B)B(B)B)B(B(B(B)B)B(B)B)B(B(B)B)B(B)B)B(B(B(B(B(B)B)B(B)B)B(B(B)B)B(B)B)B(B(B(B)B)B(B)B)B(B(B)B)B(B)B)B(B(B(B(B)B)B(B)B)B(B(B)B)B(B)B)B(B(B(B)B)B(B)B)B(B(B)B)B(B)B. The Labute approximate surface area is 902 Å². The minimum atomic E-state index is 0.297. The van der Waals surface area contributed by atoms with Crippen LogP contribution in [0.25, 0.3) is 0 Å². The van der Waals surface area contributed by atoms with Crippen LogP contribution in [0.1, 0.15) is 0 Å². The highest BCUT2D eigenvalue weighted by molar-refractivity contribution is 8.47. The summed E-state index contributed by atoms with van der Waals surface area (Å²) in [5.74, 6) is 0. The van der Waals surface area contributed by atoms with Crippen LogP contribution in [-0.2, 0) is 0 Å². The summed E-state index contributed by atoms with van der Waals surface area (Å²) in [6.45, 7) is 0.